The second-order valence-corrected chi connectivity index (χ2v) is 3.60. The fourth-order valence-corrected chi connectivity index (χ4v) is 1.40. The first-order valence-electron chi connectivity index (χ1n) is 5.57. The minimum atomic E-state index is -0.439. The second-order valence-electron chi connectivity index (χ2n) is 3.60. The summed E-state index contributed by atoms with van der Waals surface area (Å²) >= 11 is 0. The molecule has 0 aromatic heterocycles. The van der Waals surface area contributed by atoms with Crippen LogP contribution in [0.5, 0.6) is 11.5 Å². The predicted octanol–water partition coefficient (Wildman–Crippen LogP) is 1.77. The van der Waals surface area contributed by atoms with Gasteiger partial charge >= 0.3 is 5.97 Å². The van der Waals surface area contributed by atoms with Crippen molar-refractivity contribution in [2.75, 3.05) is 18.8 Å². The lowest BCUT2D eigenvalue weighted by Gasteiger charge is -2.04. The maximum absolute atomic E-state index is 11.3. The van der Waals surface area contributed by atoms with Gasteiger partial charge in [0, 0.05) is 6.07 Å². The molecular weight excluding hydrogens is 236 g/mol. The van der Waals surface area contributed by atoms with Crippen LogP contribution in [-0.2, 0) is 9.53 Å². The number of hydrazone groups is 1. The van der Waals surface area contributed by atoms with Crippen LogP contribution in [0.4, 0.5) is 5.69 Å². The van der Waals surface area contributed by atoms with Crippen molar-refractivity contribution < 1.29 is 19.0 Å². The van der Waals surface area contributed by atoms with Gasteiger partial charge < -0.3 is 14.2 Å². The van der Waals surface area contributed by atoms with Gasteiger partial charge in [-0.25, -0.2) is 4.79 Å². The highest BCUT2D eigenvalue weighted by Crippen LogP contribution is 2.34. The Labute approximate surface area is 105 Å². The molecule has 1 aromatic carbocycles. The van der Waals surface area contributed by atoms with Crippen molar-refractivity contribution in [2.45, 2.75) is 13.8 Å². The number of carbonyl (C=O) groups is 1. The van der Waals surface area contributed by atoms with Gasteiger partial charge in [-0.2, -0.15) is 5.10 Å². The zero-order valence-electron chi connectivity index (χ0n) is 10.2. The van der Waals surface area contributed by atoms with Gasteiger partial charge in [0.15, 0.2) is 11.5 Å². The molecule has 0 saturated carbocycles. The summed E-state index contributed by atoms with van der Waals surface area (Å²) in [5.74, 6) is 0.918. The Morgan fingerprint density at radius 2 is 2.22 bits per heavy atom. The lowest BCUT2D eigenvalue weighted by atomic mass is 10.3. The van der Waals surface area contributed by atoms with E-state index < -0.39 is 5.97 Å². The summed E-state index contributed by atoms with van der Waals surface area (Å²) in [6.07, 6.45) is 0. The Morgan fingerprint density at radius 1 is 1.44 bits per heavy atom. The zero-order chi connectivity index (χ0) is 13.0. The lowest BCUT2D eigenvalue weighted by molar-refractivity contribution is -0.135. The number of anilines is 1. The number of hydrogen-bond donors (Lipinski definition) is 1. The van der Waals surface area contributed by atoms with Crippen molar-refractivity contribution in [3.63, 3.8) is 0 Å². The van der Waals surface area contributed by atoms with Crippen molar-refractivity contribution >= 4 is 17.4 Å². The molecule has 0 unspecified atom stereocenters. The van der Waals surface area contributed by atoms with Crippen molar-refractivity contribution in [3.8, 4) is 11.5 Å². The van der Waals surface area contributed by atoms with Crippen LogP contribution in [0.2, 0.25) is 0 Å². The molecular formula is C12H14N2O4. The van der Waals surface area contributed by atoms with Gasteiger partial charge in [-0.05, 0) is 26.0 Å². The summed E-state index contributed by atoms with van der Waals surface area (Å²) in [6, 6.07) is 5.32. The molecule has 1 aromatic rings. The molecule has 96 valence electrons. The van der Waals surface area contributed by atoms with Gasteiger partial charge in [0.25, 0.3) is 0 Å². The van der Waals surface area contributed by atoms with E-state index in [4.69, 9.17) is 14.2 Å². The predicted molar refractivity (Wildman–Crippen MR) is 65.9 cm³/mol. The molecule has 0 atom stereocenters. The van der Waals surface area contributed by atoms with E-state index in [1.165, 1.54) is 0 Å². The van der Waals surface area contributed by atoms with Crippen LogP contribution in [-0.4, -0.2) is 25.1 Å². The zero-order valence-corrected chi connectivity index (χ0v) is 10.2. The molecule has 0 saturated heterocycles. The van der Waals surface area contributed by atoms with E-state index in [2.05, 4.69) is 10.5 Å². The van der Waals surface area contributed by atoms with E-state index in [0.717, 1.165) is 0 Å². The lowest BCUT2D eigenvalue weighted by Crippen LogP contribution is -2.15. The Hall–Kier alpha value is -2.24. The average Bonchev–Trinajstić information content (AvgIpc) is 2.83. The molecule has 0 aliphatic carbocycles. The first kappa shape index (κ1) is 12.2. The second kappa shape index (κ2) is 5.39. The number of benzene rings is 1. The third-order valence-electron chi connectivity index (χ3n) is 2.30. The SMILES string of the molecule is CCOC(=O)/C(C)=N/Nc1ccc2c(c1)OCO2. The summed E-state index contributed by atoms with van der Waals surface area (Å²) in [4.78, 5) is 11.3. The smallest absolute Gasteiger partial charge is 0.354 e. The molecule has 6 nitrogen and oxygen atoms in total. The number of rotatable bonds is 4. The van der Waals surface area contributed by atoms with Crippen molar-refractivity contribution in [2.24, 2.45) is 5.10 Å². The van der Waals surface area contributed by atoms with Crippen LogP contribution in [0.3, 0.4) is 0 Å². The van der Waals surface area contributed by atoms with Crippen molar-refractivity contribution in [1.29, 1.82) is 0 Å². The molecule has 0 radical (unpaired) electrons. The Bertz CT molecular complexity index is 485. The van der Waals surface area contributed by atoms with E-state index in [9.17, 15) is 4.79 Å². The number of nitrogens with zero attached hydrogens (tertiary/aromatic N) is 1. The molecule has 0 bridgehead atoms. The van der Waals surface area contributed by atoms with E-state index in [0.29, 0.717) is 23.8 Å². The fraction of sp³-hybridized carbons (Fsp3) is 0.333. The third kappa shape index (κ3) is 2.71. The minimum Gasteiger partial charge on any atom is -0.461 e. The number of ether oxygens (including phenoxy) is 3. The molecule has 1 aliphatic rings. The monoisotopic (exact) mass is 250 g/mol. The molecule has 18 heavy (non-hydrogen) atoms. The largest absolute Gasteiger partial charge is 0.461 e. The molecule has 0 fully saturated rings. The number of fused-ring (bicyclic) bond motifs is 1. The van der Waals surface area contributed by atoms with E-state index in [-0.39, 0.29) is 12.5 Å². The summed E-state index contributed by atoms with van der Waals surface area (Å²) in [7, 11) is 0. The molecule has 1 N–H and O–H groups in total. The average molecular weight is 250 g/mol. The van der Waals surface area contributed by atoms with Crippen LogP contribution in [0, 0.1) is 0 Å². The first-order chi connectivity index (χ1) is 8.70. The summed E-state index contributed by atoms with van der Waals surface area (Å²) in [5, 5.41) is 3.93. The highest BCUT2D eigenvalue weighted by molar-refractivity contribution is 6.35. The highest BCUT2D eigenvalue weighted by atomic mass is 16.7. The van der Waals surface area contributed by atoms with Crippen LogP contribution in [0.1, 0.15) is 13.8 Å². The van der Waals surface area contributed by atoms with Gasteiger partial charge in [0.05, 0.1) is 12.3 Å². The topological polar surface area (TPSA) is 69.2 Å². The minimum absolute atomic E-state index is 0.226. The van der Waals surface area contributed by atoms with E-state index in [1.807, 2.05) is 0 Å². The molecule has 1 heterocycles. The molecule has 0 amide bonds. The summed E-state index contributed by atoms with van der Waals surface area (Å²) in [5.41, 5.74) is 3.73. The fourth-order valence-electron chi connectivity index (χ4n) is 1.40. The highest BCUT2D eigenvalue weighted by Gasteiger charge is 2.13. The molecule has 0 spiro atoms. The van der Waals surface area contributed by atoms with Crippen LogP contribution >= 0.6 is 0 Å². The van der Waals surface area contributed by atoms with Gasteiger partial charge in [-0.3, -0.25) is 5.43 Å². The normalized spacial score (nSPS) is 13.3. The van der Waals surface area contributed by atoms with Crippen molar-refractivity contribution in [1.82, 2.24) is 0 Å². The van der Waals surface area contributed by atoms with Gasteiger partial charge in [0.1, 0.15) is 5.71 Å². The maximum atomic E-state index is 11.3. The van der Waals surface area contributed by atoms with Crippen LogP contribution in [0.15, 0.2) is 23.3 Å². The van der Waals surface area contributed by atoms with Gasteiger partial charge in [0.2, 0.25) is 6.79 Å². The van der Waals surface area contributed by atoms with Crippen molar-refractivity contribution in [3.05, 3.63) is 18.2 Å². The molecule has 6 heteroatoms. The van der Waals surface area contributed by atoms with Crippen LogP contribution < -0.4 is 14.9 Å². The van der Waals surface area contributed by atoms with E-state index >= 15 is 0 Å². The van der Waals surface area contributed by atoms with Gasteiger partial charge in [-0.1, -0.05) is 0 Å². The number of hydrogen-bond acceptors (Lipinski definition) is 6. The summed E-state index contributed by atoms with van der Waals surface area (Å²) < 4.78 is 15.2. The summed E-state index contributed by atoms with van der Waals surface area (Å²) in [6.45, 7) is 3.88. The number of esters is 1. The Kier molecular flexibility index (Phi) is 3.66. The maximum Gasteiger partial charge on any atom is 0.354 e. The quantitative estimate of drug-likeness (QED) is 0.501. The molecule has 1 aliphatic heterocycles. The van der Waals surface area contributed by atoms with Crippen LogP contribution in [0.25, 0.3) is 0 Å². The number of carbonyl (C=O) groups excluding carboxylic acids is 1. The third-order valence-corrected chi connectivity index (χ3v) is 2.30. The Balaban J connectivity index is 2.01. The Morgan fingerprint density at radius 3 is 3.00 bits per heavy atom. The molecule has 2 rings (SSSR count). The van der Waals surface area contributed by atoms with E-state index in [1.54, 1.807) is 32.0 Å². The van der Waals surface area contributed by atoms with Gasteiger partial charge in [-0.15, -0.1) is 0 Å². The number of nitrogens with one attached hydrogen (secondary N) is 1. The standard InChI is InChI=1S/C12H14N2O4/c1-3-16-12(15)8(2)13-14-9-4-5-10-11(6-9)18-7-17-10/h4-6,14H,3,7H2,1-2H3/b13-8+. The first-order valence-corrected chi connectivity index (χ1v) is 5.57.